The summed E-state index contributed by atoms with van der Waals surface area (Å²) in [5.41, 5.74) is 4.12. The average molecular weight is 502 g/mol. The van der Waals surface area contributed by atoms with Crippen LogP contribution >= 0.6 is 11.3 Å². The third-order valence-electron chi connectivity index (χ3n) is 6.38. The molecule has 0 radical (unpaired) electrons. The summed E-state index contributed by atoms with van der Waals surface area (Å²) in [6.45, 7) is 2.20. The second kappa shape index (κ2) is 10.5. The van der Waals surface area contributed by atoms with Gasteiger partial charge in [-0.3, -0.25) is 19.3 Å². The highest BCUT2D eigenvalue weighted by Crippen LogP contribution is 2.41. The summed E-state index contributed by atoms with van der Waals surface area (Å²) in [4.78, 5) is 46.4. The van der Waals surface area contributed by atoms with E-state index < -0.39 is 5.97 Å². The molecule has 7 nitrogen and oxygen atoms in total. The number of rotatable bonds is 7. The molecule has 2 aliphatic rings. The summed E-state index contributed by atoms with van der Waals surface area (Å²) in [6.07, 6.45) is 3.82. The van der Waals surface area contributed by atoms with Crippen molar-refractivity contribution >= 4 is 45.5 Å². The molecule has 0 atom stereocenters. The van der Waals surface area contributed by atoms with Crippen LogP contribution in [0.3, 0.4) is 0 Å². The first-order valence-electron chi connectivity index (χ1n) is 12.2. The van der Waals surface area contributed by atoms with Crippen LogP contribution in [0.1, 0.15) is 51.7 Å². The SMILES string of the molecule is CCOC(=O)CN1C(=O)C(=Nc2sc3c(c2C(=O)NCc2ccccc2)CCCC3)c2ccccc21. The molecule has 2 heterocycles. The third kappa shape index (κ3) is 4.68. The Hall–Kier alpha value is -3.78. The number of fused-ring (bicyclic) bond motifs is 2. The Morgan fingerprint density at radius 3 is 2.61 bits per heavy atom. The Labute approximate surface area is 213 Å². The first kappa shape index (κ1) is 23.9. The fourth-order valence-corrected chi connectivity index (χ4v) is 5.96. The van der Waals surface area contributed by atoms with Gasteiger partial charge >= 0.3 is 5.97 Å². The van der Waals surface area contributed by atoms with Gasteiger partial charge in [0.15, 0.2) is 0 Å². The van der Waals surface area contributed by atoms with Gasteiger partial charge in [0.05, 0.1) is 17.9 Å². The number of benzene rings is 2. The van der Waals surface area contributed by atoms with Crippen LogP contribution in [-0.2, 0) is 33.7 Å². The van der Waals surface area contributed by atoms with Gasteiger partial charge in [-0.05, 0) is 49.8 Å². The fraction of sp³-hybridized carbons (Fsp3) is 0.286. The molecule has 1 N–H and O–H groups in total. The number of para-hydroxylation sites is 1. The predicted molar refractivity (Wildman–Crippen MR) is 140 cm³/mol. The number of ether oxygens (including phenoxy) is 1. The topological polar surface area (TPSA) is 88.1 Å². The molecule has 2 amide bonds. The average Bonchev–Trinajstić information content (AvgIpc) is 3.39. The number of thiophene rings is 1. The van der Waals surface area contributed by atoms with Gasteiger partial charge in [-0.2, -0.15) is 0 Å². The molecule has 3 aromatic rings. The van der Waals surface area contributed by atoms with Crippen LogP contribution in [0.25, 0.3) is 0 Å². The van der Waals surface area contributed by atoms with Gasteiger partial charge in [-0.15, -0.1) is 11.3 Å². The van der Waals surface area contributed by atoms with E-state index in [-0.39, 0.29) is 30.7 Å². The Kier molecular flexibility index (Phi) is 6.95. The molecular weight excluding hydrogens is 474 g/mol. The molecule has 2 aromatic carbocycles. The number of anilines is 1. The number of nitrogens with one attached hydrogen (secondary N) is 1. The summed E-state index contributed by atoms with van der Waals surface area (Å²) in [6, 6.07) is 17.0. The summed E-state index contributed by atoms with van der Waals surface area (Å²) in [5.74, 6) is -1.03. The number of carbonyl (C=O) groups excluding carboxylic acids is 3. The minimum absolute atomic E-state index is 0.181. The maximum Gasteiger partial charge on any atom is 0.326 e. The van der Waals surface area contributed by atoms with Crippen LogP contribution in [0, 0.1) is 0 Å². The zero-order valence-electron chi connectivity index (χ0n) is 20.1. The summed E-state index contributed by atoms with van der Waals surface area (Å²) in [7, 11) is 0. The van der Waals surface area contributed by atoms with Gasteiger partial charge < -0.3 is 10.1 Å². The number of esters is 1. The highest BCUT2D eigenvalue weighted by molar-refractivity contribution is 7.16. The van der Waals surface area contributed by atoms with Crippen LogP contribution in [0.5, 0.6) is 0 Å². The second-order valence-corrected chi connectivity index (χ2v) is 9.82. The summed E-state index contributed by atoms with van der Waals surface area (Å²) < 4.78 is 5.07. The van der Waals surface area contributed by atoms with Crippen molar-refractivity contribution in [1.29, 1.82) is 0 Å². The Morgan fingerprint density at radius 2 is 1.81 bits per heavy atom. The third-order valence-corrected chi connectivity index (χ3v) is 7.56. The highest BCUT2D eigenvalue weighted by atomic mass is 32.1. The summed E-state index contributed by atoms with van der Waals surface area (Å²) in [5, 5.41) is 3.58. The lowest BCUT2D eigenvalue weighted by Gasteiger charge is -2.15. The summed E-state index contributed by atoms with van der Waals surface area (Å²) >= 11 is 1.49. The van der Waals surface area contributed by atoms with Crippen molar-refractivity contribution in [3.05, 3.63) is 81.7 Å². The van der Waals surface area contributed by atoms with Crippen LogP contribution in [-0.4, -0.2) is 36.6 Å². The number of amides is 2. The molecule has 36 heavy (non-hydrogen) atoms. The number of aliphatic imine (C=N–C) groups is 1. The molecule has 1 aliphatic carbocycles. The molecule has 8 heteroatoms. The van der Waals surface area contributed by atoms with Gasteiger partial charge in [-0.25, -0.2) is 4.99 Å². The zero-order valence-corrected chi connectivity index (χ0v) is 20.9. The van der Waals surface area contributed by atoms with Gasteiger partial charge in [0.1, 0.15) is 17.3 Å². The Balaban J connectivity index is 1.51. The van der Waals surface area contributed by atoms with Crippen molar-refractivity contribution in [2.24, 2.45) is 4.99 Å². The molecule has 184 valence electrons. The van der Waals surface area contributed by atoms with E-state index in [1.165, 1.54) is 16.2 Å². The van der Waals surface area contributed by atoms with Crippen molar-refractivity contribution in [1.82, 2.24) is 5.32 Å². The van der Waals surface area contributed by atoms with Crippen LogP contribution in [0.4, 0.5) is 10.7 Å². The molecule has 5 rings (SSSR count). The number of hydrogen-bond acceptors (Lipinski definition) is 6. The van der Waals surface area contributed by atoms with E-state index in [1.807, 2.05) is 48.5 Å². The van der Waals surface area contributed by atoms with Crippen molar-refractivity contribution in [2.75, 3.05) is 18.1 Å². The second-order valence-electron chi connectivity index (χ2n) is 8.73. The van der Waals surface area contributed by atoms with Crippen molar-refractivity contribution in [3.63, 3.8) is 0 Å². The minimum Gasteiger partial charge on any atom is -0.465 e. The standard InChI is InChI=1S/C28H27N3O4S/c1-2-35-23(32)17-31-21-14-8-6-12-19(21)25(28(31)34)30-27-24(20-13-7-9-15-22(20)36-27)26(33)29-16-18-10-4-3-5-11-18/h3-6,8,10-12,14H,2,7,9,13,15-17H2,1H3,(H,29,33). The lowest BCUT2D eigenvalue weighted by Crippen LogP contribution is -2.35. The van der Waals surface area contributed by atoms with Gasteiger partial charge in [0, 0.05) is 17.0 Å². The number of carbonyl (C=O) groups is 3. The first-order chi connectivity index (χ1) is 17.6. The van der Waals surface area contributed by atoms with Crippen molar-refractivity contribution in [2.45, 2.75) is 39.2 Å². The molecule has 0 spiro atoms. The number of aryl methyl sites for hydroxylation is 1. The normalized spacial score (nSPS) is 15.5. The van der Waals surface area contributed by atoms with Crippen molar-refractivity contribution < 1.29 is 19.1 Å². The Bertz CT molecular complexity index is 1350. The number of nitrogens with zero attached hydrogens (tertiary/aromatic N) is 2. The molecular formula is C28H27N3O4S. The quantitative estimate of drug-likeness (QED) is 0.480. The maximum atomic E-state index is 13.4. The lowest BCUT2D eigenvalue weighted by molar-refractivity contribution is -0.142. The minimum atomic E-state index is -0.477. The van der Waals surface area contributed by atoms with E-state index in [1.54, 1.807) is 13.0 Å². The largest absolute Gasteiger partial charge is 0.465 e. The first-order valence-corrected chi connectivity index (χ1v) is 13.0. The maximum absolute atomic E-state index is 13.4. The van der Waals surface area contributed by atoms with Gasteiger partial charge in [0.25, 0.3) is 11.8 Å². The molecule has 0 unspecified atom stereocenters. The molecule has 0 bridgehead atoms. The highest BCUT2D eigenvalue weighted by Gasteiger charge is 2.36. The smallest absolute Gasteiger partial charge is 0.326 e. The molecule has 1 aliphatic heterocycles. The van der Waals surface area contributed by atoms with E-state index in [2.05, 4.69) is 5.32 Å². The van der Waals surface area contributed by atoms with Crippen molar-refractivity contribution in [3.8, 4) is 0 Å². The molecule has 0 saturated carbocycles. The van der Waals surface area contributed by atoms with Crippen LogP contribution in [0.15, 0.2) is 59.6 Å². The fourth-order valence-electron chi connectivity index (χ4n) is 4.69. The molecule has 1 aromatic heterocycles. The monoisotopic (exact) mass is 501 g/mol. The molecule has 0 saturated heterocycles. The van der Waals surface area contributed by atoms with E-state index in [0.29, 0.717) is 28.4 Å². The number of hydrogen-bond donors (Lipinski definition) is 1. The molecule has 0 fully saturated rings. The van der Waals surface area contributed by atoms with Gasteiger partial charge in [0.2, 0.25) is 0 Å². The van der Waals surface area contributed by atoms with Crippen LogP contribution < -0.4 is 10.2 Å². The van der Waals surface area contributed by atoms with E-state index >= 15 is 0 Å². The predicted octanol–water partition coefficient (Wildman–Crippen LogP) is 4.59. The Morgan fingerprint density at radius 1 is 1.06 bits per heavy atom. The lowest BCUT2D eigenvalue weighted by atomic mass is 9.95. The van der Waals surface area contributed by atoms with E-state index in [4.69, 9.17) is 9.73 Å². The van der Waals surface area contributed by atoms with Crippen LogP contribution in [0.2, 0.25) is 0 Å². The zero-order chi connectivity index (χ0) is 25.1. The van der Waals surface area contributed by atoms with Gasteiger partial charge in [-0.1, -0.05) is 48.5 Å². The van der Waals surface area contributed by atoms with E-state index in [0.717, 1.165) is 41.7 Å². The van der Waals surface area contributed by atoms with E-state index in [9.17, 15) is 14.4 Å².